The molecule has 1 heterocycles. The SMILES string of the molecule is CCNC(=O)NCc1cccc(-c2ccc([C@H]3O[C@@H](CN(C)[C@@H](C)[C@H](O)c4ccccc4)[C@@H](C)[C@@H](c4ccc(CO)cc4)O3)cc2)c1. The number of carbonyl (C=O) groups excluding carboxylic acids is 1. The molecule has 2 amide bonds. The number of nitrogens with one attached hydrogen (secondary N) is 2. The number of hydrogen-bond donors (Lipinski definition) is 4. The van der Waals surface area contributed by atoms with Crippen LogP contribution in [0.4, 0.5) is 4.79 Å². The molecule has 6 atom stereocenters. The van der Waals surface area contributed by atoms with E-state index in [0.29, 0.717) is 19.6 Å². The average Bonchev–Trinajstić information content (AvgIpc) is 3.11. The van der Waals surface area contributed by atoms with Gasteiger partial charge in [-0.3, -0.25) is 4.90 Å². The molecule has 0 aromatic heterocycles. The van der Waals surface area contributed by atoms with Gasteiger partial charge in [0.05, 0.1) is 24.9 Å². The first-order valence-corrected chi connectivity index (χ1v) is 16.4. The molecule has 4 aromatic carbocycles. The van der Waals surface area contributed by atoms with Crippen LogP contribution in [-0.4, -0.2) is 53.4 Å². The van der Waals surface area contributed by atoms with Crippen molar-refractivity contribution < 1.29 is 24.5 Å². The summed E-state index contributed by atoms with van der Waals surface area (Å²) in [6.45, 7) is 7.69. The molecule has 0 radical (unpaired) electrons. The minimum absolute atomic E-state index is 0.0118. The van der Waals surface area contributed by atoms with Gasteiger partial charge in [0.2, 0.25) is 0 Å². The number of hydrogen-bond acceptors (Lipinski definition) is 6. The number of rotatable bonds is 12. The Labute approximate surface area is 278 Å². The lowest BCUT2D eigenvalue weighted by atomic mass is 9.89. The summed E-state index contributed by atoms with van der Waals surface area (Å²) in [6.07, 6.45) is -1.64. The summed E-state index contributed by atoms with van der Waals surface area (Å²) in [5.74, 6) is 0.0183. The quantitative estimate of drug-likeness (QED) is 0.141. The normalized spacial score (nSPS) is 20.8. The monoisotopic (exact) mass is 637 g/mol. The van der Waals surface area contributed by atoms with Crippen LogP contribution < -0.4 is 10.6 Å². The molecule has 1 aliphatic rings. The van der Waals surface area contributed by atoms with Crippen LogP contribution in [-0.2, 0) is 22.6 Å². The van der Waals surface area contributed by atoms with Crippen LogP contribution in [0.25, 0.3) is 11.1 Å². The van der Waals surface area contributed by atoms with Gasteiger partial charge in [-0.15, -0.1) is 0 Å². The summed E-state index contributed by atoms with van der Waals surface area (Å²) in [5, 5.41) is 26.4. The molecule has 0 bridgehead atoms. The van der Waals surface area contributed by atoms with Gasteiger partial charge in [-0.25, -0.2) is 4.79 Å². The molecule has 8 nitrogen and oxygen atoms in total. The summed E-state index contributed by atoms with van der Waals surface area (Å²) in [4.78, 5) is 14.0. The first-order chi connectivity index (χ1) is 22.8. The van der Waals surface area contributed by atoms with E-state index in [-0.39, 0.29) is 36.8 Å². The van der Waals surface area contributed by atoms with E-state index < -0.39 is 12.4 Å². The number of likely N-dealkylation sites (N-methyl/N-ethyl adjacent to an activating group) is 1. The minimum atomic E-state index is -0.635. The van der Waals surface area contributed by atoms with Crippen LogP contribution in [0.5, 0.6) is 0 Å². The molecular formula is C39H47N3O5. The highest BCUT2D eigenvalue weighted by molar-refractivity contribution is 5.73. The smallest absolute Gasteiger partial charge is 0.315 e. The largest absolute Gasteiger partial charge is 0.392 e. The van der Waals surface area contributed by atoms with Crippen molar-refractivity contribution in [3.05, 3.63) is 131 Å². The molecule has 0 aliphatic carbocycles. The Hall–Kier alpha value is -4.05. The van der Waals surface area contributed by atoms with Gasteiger partial charge < -0.3 is 30.3 Å². The minimum Gasteiger partial charge on any atom is -0.392 e. The van der Waals surface area contributed by atoms with E-state index in [4.69, 9.17) is 9.47 Å². The maximum atomic E-state index is 11.9. The zero-order valence-corrected chi connectivity index (χ0v) is 27.7. The third kappa shape index (κ3) is 8.66. The van der Waals surface area contributed by atoms with Gasteiger partial charge in [0.15, 0.2) is 6.29 Å². The summed E-state index contributed by atoms with van der Waals surface area (Å²) in [7, 11) is 2.02. The molecule has 1 fully saturated rings. The Morgan fingerprint density at radius 2 is 1.55 bits per heavy atom. The van der Waals surface area contributed by atoms with Crippen LogP contribution >= 0.6 is 0 Å². The van der Waals surface area contributed by atoms with Crippen LogP contribution in [0.1, 0.15) is 67.1 Å². The van der Waals surface area contributed by atoms with Gasteiger partial charge in [-0.1, -0.05) is 104 Å². The molecule has 8 heteroatoms. The van der Waals surface area contributed by atoms with Crippen molar-refractivity contribution in [2.75, 3.05) is 20.1 Å². The first-order valence-electron chi connectivity index (χ1n) is 16.4. The maximum Gasteiger partial charge on any atom is 0.315 e. The van der Waals surface area contributed by atoms with Gasteiger partial charge in [0.1, 0.15) is 0 Å². The van der Waals surface area contributed by atoms with Crippen molar-refractivity contribution in [1.82, 2.24) is 15.5 Å². The van der Waals surface area contributed by atoms with Gasteiger partial charge in [-0.05, 0) is 60.3 Å². The standard InChI is InChI=1S/C39H47N3O5/c1-5-40-39(45)41-23-29-10-9-13-34(22-29)30-18-20-33(21-19-30)38-46-35(24-42(4)27(3)36(44)31-11-7-6-8-12-31)26(2)37(47-38)32-16-14-28(25-43)15-17-32/h6-22,26-27,35-38,43-44H,5,23-25H2,1-4H3,(H2,40,41,45)/t26-,27+,35+,36+,37+,38+/m1/s1. The second-order valence-corrected chi connectivity index (χ2v) is 12.4. The van der Waals surface area contributed by atoms with Crippen molar-refractivity contribution in [2.24, 2.45) is 5.92 Å². The molecular weight excluding hydrogens is 590 g/mol. The molecule has 248 valence electrons. The summed E-state index contributed by atoms with van der Waals surface area (Å²) < 4.78 is 13.4. The first kappa shape index (κ1) is 34.3. The van der Waals surface area contributed by atoms with E-state index in [2.05, 4.69) is 46.7 Å². The summed E-state index contributed by atoms with van der Waals surface area (Å²) >= 11 is 0. The number of benzene rings is 4. The van der Waals surface area contributed by atoms with Gasteiger partial charge in [0.25, 0.3) is 0 Å². The third-order valence-corrected chi connectivity index (χ3v) is 9.12. The van der Waals surface area contributed by atoms with E-state index in [9.17, 15) is 15.0 Å². The zero-order valence-electron chi connectivity index (χ0n) is 27.7. The summed E-state index contributed by atoms with van der Waals surface area (Å²) in [6, 6.07) is 33.7. The summed E-state index contributed by atoms with van der Waals surface area (Å²) in [5.41, 5.74) is 6.80. The number of amides is 2. The van der Waals surface area contributed by atoms with E-state index in [1.807, 2.05) is 99.8 Å². The molecule has 0 saturated carbocycles. The zero-order chi connectivity index (χ0) is 33.3. The van der Waals surface area contributed by atoms with Crippen molar-refractivity contribution in [3.8, 4) is 11.1 Å². The number of urea groups is 1. The molecule has 1 saturated heterocycles. The molecule has 47 heavy (non-hydrogen) atoms. The number of carbonyl (C=O) groups is 1. The van der Waals surface area contributed by atoms with Crippen molar-refractivity contribution in [2.45, 2.75) is 64.6 Å². The second-order valence-electron chi connectivity index (χ2n) is 12.4. The predicted octanol–water partition coefficient (Wildman–Crippen LogP) is 6.51. The van der Waals surface area contributed by atoms with E-state index in [1.54, 1.807) is 0 Å². The van der Waals surface area contributed by atoms with Crippen LogP contribution in [0, 0.1) is 5.92 Å². The maximum absolute atomic E-state index is 11.9. The predicted molar refractivity (Wildman–Crippen MR) is 184 cm³/mol. The van der Waals surface area contributed by atoms with Gasteiger partial charge in [-0.2, -0.15) is 0 Å². The number of nitrogens with zero attached hydrogens (tertiary/aromatic N) is 1. The van der Waals surface area contributed by atoms with Crippen molar-refractivity contribution >= 4 is 6.03 Å². The van der Waals surface area contributed by atoms with E-state index in [0.717, 1.165) is 38.9 Å². The fourth-order valence-corrected chi connectivity index (χ4v) is 6.05. The topological polar surface area (TPSA) is 103 Å². The van der Waals surface area contributed by atoms with E-state index in [1.165, 1.54) is 0 Å². The number of aliphatic hydroxyl groups is 2. The van der Waals surface area contributed by atoms with Crippen molar-refractivity contribution in [3.63, 3.8) is 0 Å². The Morgan fingerprint density at radius 3 is 2.23 bits per heavy atom. The average molecular weight is 638 g/mol. The lowest BCUT2D eigenvalue weighted by molar-refractivity contribution is -0.276. The Kier molecular flexibility index (Phi) is 11.8. The lowest BCUT2D eigenvalue weighted by Gasteiger charge is -2.43. The fraction of sp³-hybridized carbons (Fsp3) is 0.359. The number of ether oxygens (including phenoxy) is 2. The Morgan fingerprint density at radius 1 is 0.851 bits per heavy atom. The van der Waals surface area contributed by atoms with Gasteiger partial charge >= 0.3 is 6.03 Å². The molecule has 0 unspecified atom stereocenters. The van der Waals surface area contributed by atoms with Crippen LogP contribution in [0.3, 0.4) is 0 Å². The number of aliphatic hydroxyl groups excluding tert-OH is 2. The highest BCUT2D eigenvalue weighted by Crippen LogP contribution is 2.42. The lowest BCUT2D eigenvalue weighted by Crippen LogP contribution is -2.46. The molecule has 0 spiro atoms. The molecule has 4 N–H and O–H groups in total. The van der Waals surface area contributed by atoms with Crippen molar-refractivity contribution in [1.29, 1.82) is 0 Å². The Bertz CT molecular complexity index is 1560. The molecule has 5 rings (SSSR count). The second kappa shape index (κ2) is 16.2. The molecule has 4 aromatic rings. The Balaban J connectivity index is 1.35. The third-order valence-electron chi connectivity index (χ3n) is 9.12. The van der Waals surface area contributed by atoms with Crippen LogP contribution in [0.15, 0.2) is 103 Å². The van der Waals surface area contributed by atoms with Gasteiger partial charge in [0, 0.05) is 37.2 Å². The highest BCUT2D eigenvalue weighted by Gasteiger charge is 2.39. The fourth-order valence-electron chi connectivity index (χ4n) is 6.05. The van der Waals surface area contributed by atoms with Crippen LogP contribution in [0.2, 0.25) is 0 Å². The van der Waals surface area contributed by atoms with E-state index >= 15 is 0 Å². The highest BCUT2D eigenvalue weighted by atomic mass is 16.7. The molecule has 1 aliphatic heterocycles.